The van der Waals surface area contributed by atoms with Gasteiger partial charge in [-0.1, -0.05) is 0 Å². The minimum Gasteiger partial charge on any atom is -0.464 e. The van der Waals surface area contributed by atoms with Gasteiger partial charge in [0, 0.05) is 6.20 Å². The average molecular weight is 139 g/mol. The molecule has 9 heavy (non-hydrogen) atoms. The average Bonchev–Trinajstić information content (AvgIpc) is 2.33. The Balaban J connectivity index is 2.53. The van der Waals surface area contributed by atoms with Crippen molar-refractivity contribution in [1.29, 1.82) is 0 Å². The van der Waals surface area contributed by atoms with E-state index in [4.69, 9.17) is 4.42 Å². The number of rotatable bonds is 0. The highest BCUT2D eigenvalue weighted by Gasteiger charge is 2.05. The summed E-state index contributed by atoms with van der Waals surface area (Å²) in [5.74, 6) is 0.943. The quantitative estimate of drug-likeness (QED) is 0.555. The number of nitrogens with one attached hydrogen (secondary N) is 1. The molecule has 1 N–H and O–H groups in total. The van der Waals surface area contributed by atoms with Gasteiger partial charge in [0.05, 0.1) is 11.2 Å². The molecule has 0 unspecified atom stereocenters. The summed E-state index contributed by atoms with van der Waals surface area (Å²) in [5.41, 5.74) is 0. The fourth-order valence-electron chi connectivity index (χ4n) is 0.722. The van der Waals surface area contributed by atoms with E-state index in [0.29, 0.717) is 0 Å². The van der Waals surface area contributed by atoms with Crippen LogP contribution in [-0.4, -0.2) is 0 Å². The van der Waals surface area contributed by atoms with Crippen LogP contribution in [0, 0.1) is 0 Å². The van der Waals surface area contributed by atoms with E-state index >= 15 is 0 Å². The van der Waals surface area contributed by atoms with Gasteiger partial charge in [0.1, 0.15) is 5.76 Å². The second-order valence-corrected chi connectivity index (χ2v) is 2.58. The Labute approximate surface area is 57.1 Å². The van der Waals surface area contributed by atoms with E-state index in [-0.39, 0.29) is 0 Å². The van der Waals surface area contributed by atoms with Crippen LogP contribution < -0.4 is 4.72 Å². The van der Waals surface area contributed by atoms with E-state index in [1.807, 2.05) is 18.3 Å². The fourth-order valence-corrected chi connectivity index (χ4v) is 1.33. The lowest BCUT2D eigenvalue weighted by atomic mass is 10.4. The Morgan fingerprint density at radius 1 is 1.56 bits per heavy atom. The zero-order chi connectivity index (χ0) is 6.10. The van der Waals surface area contributed by atoms with Gasteiger partial charge in [-0.3, -0.25) is 0 Å². The molecular weight excluding hydrogens is 134 g/mol. The Bertz CT molecular complexity index is 241. The van der Waals surface area contributed by atoms with Gasteiger partial charge in [0.2, 0.25) is 0 Å². The van der Waals surface area contributed by atoms with Crippen LogP contribution in [-0.2, 0) is 0 Å². The summed E-state index contributed by atoms with van der Waals surface area (Å²) in [6, 6.07) is 1.94. The van der Waals surface area contributed by atoms with Crippen LogP contribution >= 0.6 is 11.9 Å². The molecule has 0 saturated carbocycles. The molecule has 0 radical (unpaired) electrons. The van der Waals surface area contributed by atoms with Crippen LogP contribution in [0.25, 0.3) is 6.08 Å². The zero-order valence-corrected chi connectivity index (χ0v) is 5.44. The summed E-state index contributed by atoms with van der Waals surface area (Å²) in [6.45, 7) is 0. The summed E-state index contributed by atoms with van der Waals surface area (Å²) in [6.07, 6.45) is 5.46. The predicted octanol–water partition coefficient (Wildman–Crippen LogP) is 1.86. The summed E-state index contributed by atoms with van der Waals surface area (Å²) < 4.78 is 8.11. The lowest BCUT2D eigenvalue weighted by Gasteiger charge is -2.02. The molecule has 1 aliphatic rings. The van der Waals surface area contributed by atoms with Gasteiger partial charge in [-0.05, 0) is 24.1 Å². The van der Waals surface area contributed by atoms with E-state index in [2.05, 4.69) is 4.72 Å². The summed E-state index contributed by atoms with van der Waals surface area (Å²) in [5, 5.41) is 0. The molecule has 3 heteroatoms. The molecular formula is C6H5NOS. The van der Waals surface area contributed by atoms with Crippen LogP contribution in [0.2, 0.25) is 0 Å². The number of hydrogen-bond acceptors (Lipinski definition) is 3. The standard InChI is InChI=1S/C6H5NOS/c1-3-7-9-6-2-4-8-5(1)6/h1-4,7H. The minimum absolute atomic E-state index is 0.943. The van der Waals surface area contributed by atoms with E-state index in [1.54, 1.807) is 18.2 Å². The molecule has 1 aromatic rings. The second kappa shape index (κ2) is 1.84. The van der Waals surface area contributed by atoms with E-state index in [9.17, 15) is 0 Å². The van der Waals surface area contributed by atoms with Crippen LogP contribution in [0.1, 0.15) is 5.76 Å². The highest BCUT2D eigenvalue weighted by Crippen LogP contribution is 2.25. The van der Waals surface area contributed by atoms with Crippen molar-refractivity contribution in [3.05, 3.63) is 24.3 Å². The van der Waals surface area contributed by atoms with Crippen LogP contribution in [0.4, 0.5) is 0 Å². The third-order valence-corrected chi connectivity index (χ3v) is 1.94. The molecule has 1 aromatic heterocycles. The maximum atomic E-state index is 5.11. The molecule has 0 amide bonds. The summed E-state index contributed by atoms with van der Waals surface area (Å²) >= 11 is 1.56. The first kappa shape index (κ1) is 4.99. The van der Waals surface area contributed by atoms with Gasteiger partial charge in [-0.25, -0.2) is 0 Å². The highest BCUT2D eigenvalue weighted by atomic mass is 32.2. The second-order valence-electron chi connectivity index (χ2n) is 1.70. The van der Waals surface area contributed by atoms with E-state index in [0.717, 1.165) is 10.7 Å². The van der Waals surface area contributed by atoms with Gasteiger partial charge < -0.3 is 9.14 Å². The molecule has 0 aromatic carbocycles. The lowest BCUT2D eigenvalue weighted by Crippen LogP contribution is -1.94. The van der Waals surface area contributed by atoms with E-state index < -0.39 is 0 Å². The molecule has 0 spiro atoms. The number of hydrogen-bond donors (Lipinski definition) is 1. The van der Waals surface area contributed by atoms with Gasteiger partial charge in [-0.2, -0.15) is 0 Å². The first-order valence-electron chi connectivity index (χ1n) is 2.63. The van der Waals surface area contributed by atoms with Gasteiger partial charge in [0.25, 0.3) is 0 Å². The normalized spacial score (nSPS) is 14.7. The molecule has 2 nitrogen and oxygen atoms in total. The third-order valence-electron chi connectivity index (χ3n) is 1.13. The molecule has 0 aliphatic carbocycles. The molecule has 0 saturated heterocycles. The largest absolute Gasteiger partial charge is 0.464 e. The SMILES string of the molecule is C1=Cc2occc2SN1. The molecule has 0 fully saturated rings. The molecule has 0 atom stereocenters. The van der Waals surface area contributed by atoms with Crippen LogP contribution in [0.15, 0.2) is 27.8 Å². The van der Waals surface area contributed by atoms with Crippen molar-refractivity contribution < 1.29 is 4.42 Å². The van der Waals surface area contributed by atoms with Crippen molar-refractivity contribution in [2.75, 3.05) is 0 Å². The van der Waals surface area contributed by atoms with Crippen molar-refractivity contribution in [2.45, 2.75) is 4.90 Å². The zero-order valence-electron chi connectivity index (χ0n) is 4.63. The van der Waals surface area contributed by atoms with Gasteiger partial charge in [-0.15, -0.1) is 0 Å². The maximum absolute atomic E-state index is 5.11. The van der Waals surface area contributed by atoms with Crippen molar-refractivity contribution in [3.8, 4) is 0 Å². The fraction of sp³-hybridized carbons (Fsp3) is 0. The van der Waals surface area contributed by atoms with Crippen molar-refractivity contribution in [3.63, 3.8) is 0 Å². The van der Waals surface area contributed by atoms with Crippen molar-refractivity contribution >= 4 is 18.0 Å². The van der Waals surface area contributed by atoms with Crippen LogP contribution in [0.5, 0.6) is 0 Å². The lowest BCUT2D eigenvalue weighted by molar-refractivity contribution is 0.550. The van der Waals surface area contributed by atoms with Gasteiger partial charge in [0.15, 0.2) is 0 Å². The third kappa shape index (κ3) is 0.733. The molecule has 46 valence electrons. The topological polar surface area (TPSA) is 25.2 Å². The Morgan fingerprint density at radius 3 is 3.44 bits per heavy atom. The first-order chi connectivity index (χ1) is 4.47. The molecule has 2 rings (SSSR count). The predicted molar refractivity (Wildman–Crippen MR) is 36.7 cm³/mol. The molecule has 1 aliphatic heterocycles. The maximum Gasteiger partial charge on any atom is 0.143 e. The molecule has 2 heterocycles. The van der Waals surface area contributed by atoms with Crippen molar-refractivity contribution in [2.24, 2.45) is 0 Å². The number of fused-ring (bicyclic) bond motifs is 1. The summed E-state index contributed by atoms with van der Waals surface area (Å²) in [7, 11) is 0. The first-order valence-corrected chi connectivity index (χ1v) is 3.45. The monoisotopic (exact) mass is 139 g/mol. The smallest absolute Gasteiger partial charge is 0.143 e. The Morgan fingerprint density at radius 2 is 2.56 bits per heavy atom. The van der Waals surface area contributed by atoms with E-state index in [1.165, 1.54) is 0 Å². The highest BCUT2D eigenvalue weighted by molar-refractivity contribution is 7.97. The minimum atomic E-state index is 0.943. The Hall–Kier alpha value is -0.830. The van der Waals surface area contributed by atoms with Gasteiger partial charge >= 0.3 is 0 Å². The Kier molecular flexibility index (Phi) is 1.02. The molecule has 0 bridgehead atoms. The van der Waals surface area contributed by atoms with Crippen LogP contribution in [0.3, 0.4) is 0 Å². The number of furan rings is 1. The summed E-state index contributed by atoms with van der Waals surface area (Å²) in [4.78, 5) is 1.15. The van der Waals surface area contributed by atoms with Crippen molar-refractivity contribution in [1.82, 2.24) is 4.72 Å².